The summed E-state index contributed by atoms with van der Waals surface area (Å²) in [7, 11) is 1.60. The third-order valence-electron chi connectivity index (χ3n) is 3.00. The number of nitrogens with zero attached hydrogens (tertiary/aromatic N) is 4. The number of aliphatic hydroxyl groups is 1. The largest absolute Gasteiger partial charge is 0.481 e. The van der Waals surface area contributed by atoms with Crippen LogP contribution in [0.15, 0.2) is 12.3 Å². The second kappa shape index (κ2) is 5.97. The lowest BCUT2D eigenvalue weighted by molar-refractivity contribution is 0.122. The number of piperazine rings is 1. The Morgan fingerprint density at radius 3 is 2.72 bits per heavy atom. The van der Waals surface area contributed by atoms with E-state index < -0.39 is 0 Å². The van der Waals surface area contributed by atoms with Gasteiger partial charge in [-0.1, -0.05) is 0 Å². The van der Waals surface area contributed by atoms with Crippen molar-refractivity contribution in [2.75, 3.05) is 44.7 Å². The van der Waals surface area contributed by atoms with E-state index in [4.69, 9.17) is 4.74 Å². The van der Waals surface area contributed by atoms with E-state index in [9.17, 15) is 5.11 Å². The van der Waals surface area contributed by atoms with Gasteiger partial charge in [-0.15, -0.1) is 0 Å². The van der Waals surface area contributed by atoms with Gasteiger partial charge in [-0.2, -0.15) is 4.98 Å². The molecule has 0 radical (unpaired) electrons. The number of methoxy groups -OCH3 is 1. The molecule has 1 atom stereocenters. The summed E-state index contributed by atoms with van der Waals surface area (Å²) in [6, 6.07) is 1.74. The molecule has 2 heterocycles. The summed E-state index contributed by atoms with van der Waals surface area (Å²) in [5.74, 6) is 1.30. The summed E-state index contributed by atoms with van der Waals surface area (Å²) in [4.78, 5) is 13.0. The predicted molar refractivity (Wildman–Crippen MR) is 68.9 cm³/mol. The van der Waals surface area contributed by atoms with E-state index >= 15 is 0 Å². The monoisotopic (exact) mass is 252 g/mol. The van der Waals surface area contributed by atoms with Crippen LogP contribution in [0.5, 0.6) is 5.88 Å². The Kier molecular flexibility index (Phi) is 4.33. The fourth-order valence-corrected chi connectivity index (χ4v) is 2.10. The molecule has 6 heteroatoms. The first-order chi connectivity index (χ1) is 8.69. The molecule has 1 aromatic heterocycles. The van der Waals surface area contributed by atoms with Crippen molar-refractivity contribution in [1.29, 1.82) is 0 Å². The third-order valence-corrected chi connectivity index (χ3v) is 3.00. The molecule has 1 aromatic rings. The Morgan fingerprint density at radius 1 is 1.39 bits per heavy atom. The van der Waals surface area contributed by atoms with Gasteiger partial charge in [0, 0.05) is 45.0 Å². The summed E-state index contributed by atoms with van der Waals surface area (Å²) >= 11 is 0. The Morgan fingerprint density at radius 2 is 2.11 bits per heavy atom. The highest BCUT2D eigenvalue weighted by molar-refractivity contribution is 5.32. The average molecular weight is 252 g/mol. The van der Waals surface area contributed by atoms with Crippen molar-refractivity contribution in [3.05, 3.63) is 12.3 Å². The quantitative estimate of drug-likeness (QED) is 0.813. The fraction of sp³-hybridized carbons (Fsp3) is 0.667. The Hall–Kier alpha value is -1.40. The number of hydrogen-bond donors (Lipinski definition) is 1. The van der Waals surface area contributed by atoms with Crippen LogP contribution in [0.25, 0.3) is 0 Å². The summed E-state index contributed by atoms with van der Waals surface area (Å²) in [5.41, 5.74) is 0. The molecule has 6 nitrogen and oxygen atoms in total. The van der Waals surface area contributed by atoms with Gasteiger partial charge in [-0.25, -0.2) is 4.98 Å². The molecule has 1 saturated heterocycles. The molecule has 2 rings (SSSR count). The van der Waals surface area contributed by atoms with Crippen LogP contribution >= 0.6 is 0 Å². The molecule has 0 saturated carbocycles. The molecule has 0 aromatic carbocycles. The Labute approximate surface area is 107 Å². The number of ether oxygens (including phenoxy) is 1. The van der Waals surface area contributed by atoms with Crippen LogP contribution in [0.4, 0.5) is 5.95 Å². The molecule has 0 unspecified atom stereocenters. The fourth-order valence-electron chi connectivity index (χ4n) is 2.10. The van der Waals surface area contributed by atoms with E-state index in [0.29, 0.717) is 11.8 Å². The van der Waals surface area contributed by atoms with Crippen LogP contribution in [0.1, 0.15) is 6.92 Å². The summed E-state index contributed by atoms with van der Waals surface area (Å²) in [6.07, 6.45) is 1.44. The van der Waals surface area contributed by atoms with Gasteiger partial charge in [0.1, 0.15) is 0 Å². The maximum atomic E-state index is 9.36. The zero-order valence-corrected chi connectivity index (χ0v) is 10.9. The third kappa shape index (κ3) is 3.30. The molecule has 1 fully saturated rings. The van der Waals surface area contributed by atoms with Crippen LogP contribution in [0, 0.1) is 0 Å². The van der Waals surface area contributed by atoms with Crippen molar-refractivity contribution in [3.8, 4) is 5.88 Å². The minimum absolute atomic E-state index is 0.274. The maximum Gasteiger partial charge on any atom is 0.228 e. The second-order valence-corrected chi connectivity index (χ2v) is 4.54. The smallest absolute Gasteiger partial charge is 0.228 e. The minimum Gasteiger partial charge on any atom is -0.481 e. The number of aromatic nitrogens is 2. The molecular weight excluding hydrogens is 232 g/mol. The topological polar surface area (TPSA) is 61.7 Å². The van der Waals surface area contributed by atoms with Gasteiger partial charge in [0.2, 0.25) is 11.8 Å². The van der Waals surface area contributed by atoms with Gasteiger partial charge in [-0.3, -0.25) is 4.90 Å². The zero-order valence-electron chi connectivity index (χ0n) is 10.9. The molecule has 0 aliphatic carbocycles. The van der Waals surface area contributed by atoms with Crippen LogP contribution in [0.2, 0.25) is 0 Å². The first kappa shape index (κ1) is 13.0. The Balaban J connectivity index is 1.92. The van der Waals surface area contributed by atoms with Crippen molar-refractivity contribution >= 4 is 5.95 Å². The molecule has 100 valence electrons. The standard InChI is InChI=1S/C12H20N4O2/c1-10(17)9-15-5-7-16(8-6-15)12-13-4-3-11(14-12)18-2/h3-4,10,17H,5-9H2,1-2H3/t10-/m1/s1. The van der Waals surface area contributed by atoms with Gasteiger partial charge in [-0.05, 0) is 6.92 Å². The van der Waals surface area contributed by atoms with Crippen molar-refractivity contribution in [3.63, 3.8) is 0 Å². The van der Waals surface area contributed by atoms with E-state index in [1.165, 1.54) is 0 Å². The van der Waals surface area contributed by atoms with E-state index in [2.05, 4.69) is 19.8 Å². The first-order valence-electron chi connectivity index (χ1n) is 6.21. The summed E-state index contributed by atoms with van der Waals surface area (Å²) in [6.45, 7) is 6.14. The lowest BCUT2D eigenvalue weighted by atomic mass is 10.3. The highest BCUT2D eigenvalue weighted by Gasteiger charge is 2.19. The molecule has 0 amide bonds. The van der Waals surface area contributed by atoms with Gasteiger partial charge >= 0.3 is 0 Å². The normalized spacial score (nSPS) is 18.7. The lowest BCUT2D eigenvalue weighted by Crippen LogP contribution is -2.48. The zero-order chi connectivity index (χ0) is 13.0. The van der Waals surface area contributed by atoms with E-state index in [1.807, 2.05) is 6.92 Å². The maximum absolute atomic E-state index is 9.36. The van der Waals surface area contributed by atoms with Gasteiger partial charge < -0.3 is 14.7 Å². The lowest BCUT2D eigenvalue weighted by Gasteiger charge is -2.35. The van der Waals surface area contributed by atoms with Crippen LogP contribution < -0.4 is 9.64 Å². The predicted octanol–water partition coefficient (Wildman–Crippen LogP) is -0.0120. The number of rotatable bonds is 4. The average Bonchev–Trinajstić information content (AvgIpc) is 2.39. The van der Waals surface area contributed by atoms with E-state index in [1.54, 1.807) is 19.4 Å². The van der Waals surface area contributed by atoms with Crippen LogP contribution in [-0.4, -0.2) is 65.9 Å². The molecule has 0 spiro atoms. The molecule has 1 aliphatic heterocycles. The molecular formula is C12H20N4O2. The molecule has 1 aliphatic rings. The highest BCUT2D eigenvalue weighted by atomic mass is 16.5. The van der Waals surface area contributed by atoms with Crippen molar-refractivity contribution in [2.24, 2.45) is 0 Å². The summed E-state index contributed by atoms with van der Waals surface area (Å²) < 4.78 is 5.10. The van der Waals surface area contributed by atoms with Gasteiger partial charge in [0.05, 0.1) is 13.2 Å². The summed E-state index contributed by atoms with van der Waals surface area (Å²) in [5, 5.41) is 9.36. The molecule has 18 heavy (non-hydrogen) atoms. The van der Waals surface area contributed by atoms with Crippen molar-refractivity contribution < 1.29 is 9.84 Å². The number of anilines is 1. The van der Waals surface area contributed by atoms with Crippen molar-refractivity contribution in [1.82, 2.24) is 14.9 Å². The van der Waals surface area contributed by atoms with Crippen LogP contribution in [-0.2, 0) is 0 Å². The number of aliphatic hydroxyl groups excluding tert-OH is 1. The van der Waals surface area contributed by atoms with Crippen molar-refractivity contribution in [2.45, 2.75) is 13.0 Å². The molecule has 1 N–H and O–H groups in total. The van der Waals surface area contributed by atoms with E-state index in [-0.39, 0.29) is 6.10 Å². The minimum atomic E-state index is -0.274. The van der Waals surface area contributed by atoms with E-state index in [0.717, 1.165) is 32.7 Å². The second-order valence-electron chi connectivity index (χ2n) is 4.54. The van der Waals surface area contributed by atoms with Gasteiger partial charge in [0.25, 0.3) is 0 Å². The SMILES string of the molecule is COc1ccnc(N2CCN(C[C@@H](C)O)CC2)n1. The molecule has 0 bridgehead atoms. The Bertz CT molecular complexity index is 378. The first-order valence-corrected chi connectivity index (χ1v) is 6.21. The van der Waals surface area contributed by atoms with Crippen LogP contribution in [0.3, 0.4) is 0 Å². The highest BCUT2D eigenvalue weighted by Crippen LogP contribution is 2.14. The number of β-amino-alcohol motifs (C(OH)–C–C–N with tert-alkyl or cyclic N) is 1. The number of hydrogen-bond acceptors (Lipinski definition) is 6. The van der Waals surface area contributed by atoms with Gasteiger partial charge in [0.15, 0.2) is 0 Å².